The maximum atomic E-state index is 10.6. The molecule has 0 saturated carbocycles. The van der Waals surface area contributed by atoms with Crippen LogP contribution in [0.2, 0.25) is 0 Å². The van der Waals surface area contributed by atoms with E-state index in [1.807, 2.05) is 30.5 Å². The molecule has 0 aliphatic rings. The Balaban J connectivity index is 1.72. The van der Waals surface area contributed by atoms with E-state index in [2.05, 4.69) is 16.0 Å². The molecule has 0 aliphatic heterocycles. The molecule has 0 fully saturated rings. The van der Waals surface area contributed by atoms with Gasteiger partial charge in [-0.05, 0) is 41.5 Å². The van der Waals surface area contributed by atoms with Gasteiger partial charge in [0.15, 0.2) is 0 Å². The SMILES string of the molecule is N#Cc1ccc(C(O)CN(Cc2cccnc2)Cc2ccco2)cc1. The molecule has 126 valence electrons. The first-order valence-corrected chi connectivity index (χ1v) is 8.06. The van der Waals surface area contributed by atoms with Gasteiger partial charge in [-0.2, -0.15) is 5.26 Å². The second kappa shape index (κ2) is 8.25. The Kier molecular flexibility index (Phi) is 5.57. The fourth-order valence-corrected chi connectivity index (χ4v) is 2.69. The molecular formula is C20H19N3O2. The molecule has 2 aromatic heterocycles. The number of hydrogen-bond donors (Lipinski definition) is 1. The smallest absolute Gasteiger partial charge is 0.117 e. The monoisotopic (exact) mass is 333 g/mol. The average molecular weight is 333 g/mol. The maximum absolute atomic E-state index is 10.6. The van der Waals surface area contributed by atoms with E-state index < -0.39 is 6.10 Å². The molecule has 1 atom stereocenters. The van der Waals surface area contributed by atoms with Gasteiger partial charge in [-0.25, -0.2) is 0 Å². The van der Waals surface area contributed by atoms with Crippen molar-refractivity contribution in [1.82, 2.24) is 9.88 Å². The van der Waals surface area contributed by atoms with Gasteiger partial charge in [0.2, 0.25) is 0 Å². The minimum atomic E-state index is -0.653. The number of nitriles is 1. The molecule has 0 saturated heterocycles. The molecule has 3 rings (SSSR count). The van der Waals surface area contributed by atoms with Crippen LogP contribution < -0.4 is 0 Å². The van der Waals surface area contributed by atoms with Crippen LogP contribution in [0.5, 0.6) is 0 Å². The summed E-state index contributed by atoms with van der Waals surface area (Å²) in [6, 6.07) is 16.8. The molecule has 25 heavy (non-hydrogen) atoms. The van der Waals surface area contributed by atoms with Crippen molar-refractivity contribution in [2.45, 2.75) is 19.2 Å². The van der Waals surface area contributed by atoms with Crippen LogP contribution in [0.1, 0.15) is 28.6 Å². The molecule has 0 aliphatic carbocycles. The molecule has 1 unspecified atom stereocenters. The van der Waals surface area contributed by atoms with Crippen LogP contribution in [-0.4, -0.2) is 21.5 Å². The third kappa shape index (κ3) is 4.77. The van der Waals surface area contributed by atoms with Crippen molar-refractivity contribution in [2.24, 2.45) is 0 Å². The molecule has 5 heteroatoms. The summed E-state index contributed by atoms with van der Waals surface area (Å²) >= 11 is 0. The van der Waals surface area contributed by atoms with Crippen LogP contribution >= 0.6 is 0 Å². The van der Waals surface area contributed by atoms with Crippen molar-refractivity contribution in [3.63, 3.8) is 0 Å². The van der Waals surface area contributed by atoms with E-state index >= 15 is 0 Å². The summed E-state index contributed by atoms with van der Waals surface area (Å²) in [5, 5.41) is 19.5. The lowest BCUT2D eigenvalue weighted by atomic mass is 10.1. The van der Waals surface area contributed by atoms with Crippen LogP contribution in [0, 0.1) is 11.3 Å². The number of hydrogen-bond acceptors (Lipinski definition) is 5. The predicted molar refractivity (Wildman–Crippen MR) is 93.2 cm³/mol. The van der Waals surface area contributed by atoms with E-state index in [0.717, 1.165) is 16.9 Å². The fraction of sp³-hybridized carbons (Fsp3) is 0.200. The number of nitrogens with zero attached hydrogens (tertiary/aromatic N) is 3. The van der Waals surface area contributed by atoms with Gasteiger partial charge in [0.25, 0.3) is 0 Å². The van der Waals surface area contributed by atoms with Crippen LogP contribution in [0.3, 0.4) is 0 Å². The van der Waals surface area contributed by atoms with E-state index in [1.165, 1.54) is 0 Å². The molecule has 5 nitrogen and oxygen atoms in total. The maximum Gasteiger partial charge on any atom is 0.117 e. The van der Waals surface area contributed by atoms with Crippen LogP contribution in [0.15, 0.2) is 71.6 Å². The van der Waals surface area contributed by atoms with Crippen LogP contribution in [-0.2, 0) is 13.1 Å². The van der Waals surface area contributed by atoms with E-state index in [1.54, 1.807) is 36.7 Å². The Morgan fingerprint density at radius 2 is 1.96 bits per heavy atom. The van der Waals surface area contributed by atoms with E-state index in [9.17, 15) is 5.11 Å². The van der Waals surface area contributed by atoms with Crippen molar-refractivity contribution >= 4 is 0 Å². The number of pyridine rings is 1. The molecular weight excluding hydrogens is 314 g/mol. The number of aliphatic hydroxyl groups excluding tert-OH is 1. The minimum absolute atomic E-state index is 0.446. The summed E-state index contributed by atoms with van der Waals surface area (Å²) < 4.78 is 5.44. The highest BCUT2D eigenvalue weighted by Gasteiger charge is 2.16. The van der Waals surface area contributed by atoms with E-state index in [4.69, 9.17) is 9.68 Å². The second-order valence-corrected chi connectivity index (χ2v) is 5.86. The van der Waals surface area contributed by atoms with Gasteiger partial charge in [0.1, 0.15) is 5.76 Å². The zero-order valence-corrected chi connectivity index (χ0v) is 13.7. The first-order chi connectivity index (χ1) is 12.2. The van der Waals surface area contributed by atoms with Gasteiger partial charge in [-0.1, -0.05) is 18.2 Å². The summed E-state index contributed by atoms with van der Waals surface area (Å²) in [5.41, 5.74) is 2.44. The summed E-state index contributed by atoms with van der Waals surface area (Å²) in [7, 11) is 0. The largest absolute Gasteiger partial charge is 0.468 e. The van der Waals surface area contributed by atoms with Gasteiger partial charge in [-0.3, -0.25) is 9.88 Å². The third-order valence-corrected chi connectivity index (χ3v) is 3.94. The quantitative estimate of drug-likeness (QED) is 0.718. The van der Waals surface area contributed by atoms with Crippen LogP contribution in [0.4, 0.5) is 0 Å². The van der Waals surface area contributed by atoms with E-state index in [-0.39, 0.29) is 0 Å². The van der Waals surface area contributed by atoms with Gasteiger partial charge in [0.05, 0.1) is 30.5 Å². The van der Waals surface area contributed by atoms with Crippen molar-refractivity contribution in [3.8, 4) is 6.07 Å². The van der Waals surface area contributed by atoms with E-state index in [0.29, 0.717) is 25.2 Å². The third-order valence-electron chi connectivity index (χ3n) is 3.94. The van der Waals surface area contributed by atoms with Gasteiger partial charge < -0.3 is 9.52 Å². The Bertz CT molecular complexity index is 808. The summed E-state index contributed by atoms with van der Waals surface area (Å²) in [4.78, 5) is 6.26. The topological polar surface area (TPSA) is 73.3 Å². The fourth-order valence-electron chi connectivity index (χ4n) is 2.69. The number of furan rings is 1. The zero-order valence-electron chi connectivity index (χ0n) is 13.7. The summed E-state index contributed by atoms with van der Waals surface area (Å²) in [5.74, 6) is 0.843. The van der Waals surface area contributed by atoms with Crippen molar-refractivity contribution < 1.29 is 9.52 Å². The lowest BCUT2D eigenvalue weighted by Crippen LogP contribution is -2.28. The normalized spacial score (nSPS) is 12.0. The molecule has 2 heterocycles. The van der Waals surface area contributed by atoms with Gasteiger partial charge in [0, 0.05) is 25.5 Å². The van der Waals surface area contributed by atoms with Crippen LogP contribution in [0.25, 0.3) is 0 Å². The highest BCUT2D eigenvalue weighted by atomic mass is 16.3. The first-order valence-electron chi connectivity index (χ1n) is 8.06. The molecule has 0 radical (unpaired) electrons. The number of aromatic nitrogens is 1. The minimum Gasteiger partial charge on any atom is -0.468 e. The van der Waals surface area contributed by atoms with Crippen molar-refractivity contribution in [2.75, 3.05) is 6.54 Å². The molecule has 0 spiro atoms. The average Bonchev–Trinajstić information content (AvgIpc) is 3.15. The standard InChI is InChI=1S/C20H19N3O2/c21-11-16-5-7-18(8-6-16)20(24)15-23(14-19-4-2-10-25-19)13-17-3-1-9-22-12-17/h1-10,12,20,24H,13-15H2. The van der Waals surface area contributed by atoms with Crippen molar-refractivity contribution in [3.05, 3.63) is 89.6 Å². The molecule has 0 bridgehead atoms. The number of aliphatic hydroxyl groups is 1. The lowest BCUT2D eigenvalue weighted by Gasteiger charge is -2.24. The van der Waals surface area contributed by atoms with Gasteiger partial charge in [-0.15, -0.1) is 0 Å². The van der Waals surface area contributed by atoms with Gasteiger partial charge >= 0.3 is 0 Å². The number of rotatable bonds is 7. The van der Waals surface area contributed by atoms with Crippen molar-refractivity contribution in [1.29, 1.82) is 5.26 Å². The molecule has 1 N–H and O–H groups in total. The Hall–Kier alpha value is -2.94. The zero-order chi connectivity index (χ0) is 17.5. The second-order valence-electron chi connectivity index (χ2n) is 5.86. The highest BCUT2D eigenvalue weighted by Crippen LogP contribution is 2.18. The number of benzene rings is 1. The predicted octanol–water partition coefficient (Wildman–Crippen LogP) is 3.28. The summed E-state index contributed by atoms with van der Waals surface area (Å²) in [6.07, 6.45) is 4.56. The lowest BCUT2D eigenvalue weighted by molar-refractivity contribution is 0.100. The first kappa shape index (κ1) is 16.9. The molecule has 3 aromatic rings. The molecule has 0 amide bonds. The Morgan fingerprint density at radius 3 is 2.60 bits per heavy atom. The highest BCUT2D eigenvalue weighted by molar-refractivity contribution is 5.32. The Labute approximate surface area is 146 Å². The summed E-state index contributed by atoms with van der Waals surface area (Å²) in [6.45, 7) is 1.69. The molecule has 1 aromatic carbocycles. The Morgan fingerprint density at radius 1 is 1.12 bits per heavy atom.